The number of hydrogen-bond acceptors (Lipinski definition) is 4. The van der Waals surface area contributed by atoms with Gasteiger partial charge in [-0.15, -0.1) is 0 Å². The molecule has 94 valence electrons. The molecule has 0 saturated heterocycles. The standard InChI is InChI=1S/C12H17BrN2O2/c13-9-6-12-11(16-7-17-12)5-8(9)10(15)3-1-2-4-14/h5-6,10H,1-4,7,14-15H2/t10-/m0/s1. The number of rotatable bonds is 5. The van der Waals surface area contributed by atoms with Crippen LogP contribution in [-0.4, -0.2) is 13.3 Å². The molecule has 1 aliphatic rings. The first kappa shape index (κ1) is 12.7. The second-order valence-corrected chi connectivity index (χ2v) is 4.97. The maximum absolute atomic E-state index is 6.16. The first-order valence-electron chi connectivity index (χ1n) is 5.77. The fraction of sp³-hybridized carbons (Fsp3) is 0.500. The Kier molecular flexibility index (Phi) is 4.25. The maximum Gasteiger partial charge on any atom is 0.231 e. The minimum Gasteiger partial charge on any atom is -0.454 e. The number of unbranched alkanes of at least 4 members (excludes halogenated alkanes) is 1. The lowest BCUT2D eigenvalue weighted by Crippen LogP contribution is -2.11. The molecule has 0 saturated carbocycles. The largest absolute Gasteiger partial charge is 0.454 e. The minimum absolute atomic E-state index is 0.00502. The predicted octanol–water partition coefficient (Wildman–Crippen LogP) is 2.31. The first-order chi connectivity index (χ1) is 8.22. The molecule has 0 amide bonds. The Hall–Kier alpha value is -0.780. The number of ether oxygens (including phenoxy) is 2. The van der Waals surface area contributed by atoms with Gasteiger partial charge in [-0.1, -0.05) is 22.4 Å². The van der Waals surface area contributed by atoms with Gasteiger partial charge in [0.25, 0.3) is 0 Å². The van der Waals surface area contributed by atoms with E-state index in [1.807, 2.05) is 12.1 Å². The summed E-state index contributed by atoms with van der Waals surface area (Å²) in [5, 5.41) is 0. The van der Waals surface area contributed by atoms with Gasteiger partial charge >= 0.3 is 0 Å². The molecule has 17 heavy (non-hydrogen) atoms. The second kappa shape index (κ2) is 5.71. The third-order valence-corrected chi connectivity index (χ3v) is 3.55. The summed E-state index contributed by atoms with van der Waals surface area (Å²) in [5.74, 6) is 1.55. The molecule has 1 atom stereocenters. The van der Waals surface area contributed by atoms with Crippen LogP contribution >= 0.6 is 15.9 Å². The van der Waals surface area contributed by atoms with Crippen LogP contribution in [0.4, 0.5) is 0 Å². The van der Waals surface area contributed by atoms with Crippen molar-refractivity contribution >= 4 is 15.9 Å². The van der Waals surface area contributed by atoms with E-state index in [4.69, 9.17) is 20.9 Å². The maximum atomic E-state index is 6.16. The van der Waals surface area contributed by atoms with Crippen molar-refractivity contribution in [1.82, 2.24) is 0 Å². The second-order valence-electron chi connectivity index (χ2n) is 4.12. The molecule has 1 aromatic rings. The van der Waals surface area contributed by atoms with Crippen LogP contribution in [0, 0.1) is 0 Å². The van der Waals surface area contributed by atoms with E-state index in [2.05, 4.69) is 15.9 Å². The zero-order valence-corrected chi connectivity index (χ0v) is 11.2. The predicted molar refractivity (Wildman–Crippen MR) is 70.1 cm³/mol. The van der Waals surface area contributed by atoms with Crippen LogP contribution < -0.4 is 20.9 Å². The van der Waals surface area contributed by atoms with Crippen molar-refractivity contribution in [3.63, 3.8) is 0 Å². The number of benzene rings is 1. The Morgan fingerprint density at radius 1 is 1.24 bits per heavy atom. The fourth-order valence-electron chi connectivity index (χ4n) is 1.88. The molecule has 0 bridgehead atoms. The van der Waals surface area contributed by atoms with E-state index in [-0.39, 0.29) is 12.8 Å². The summed E-state index contributed by atoms with van der Waals surface area (Å²) in [6.07, 6.45) is 2.98. The average molecular weight is 301 g/mol. The monoisotopic (exact) mass is 300 g/mol. The van der Waals surface area contributed by atoms with Crippen LogP contribution in [0.1, 0.15) is 30.9 Å². The van der Waals surface area contributed by atoms with Gasteiger partial charge in [0.1, 0.15) is 0 Å². The summed E-state index contributed by atoms with van der Waals surface area (Å²) < 4.78 is 11.6. The number of fused-ring (bicyclic) bond motifs is 1. The zero-order valence-electron chi connectivity index (χ0n) is 9.62. The van der Waals surface area contributed by atoms with Crippen LogP contribution in [0.3, 0.4) is 0 Å². The topological polar surface area (TPSA) is 70.5 Å². The van der Waals surface area contributed by atoms with Crippen LogP contribution in [0.2, 0.25) is 0 Å². The highest BCUT2D eigenvalue weighted by Crippen LogP contribution is 2.39. The highest BCUT2D eigenvalue weighted by atomic mass is 79.9. The molecule has 0 aromatic heterocycles. The summed E-state index contributed by atoms with van der Waals surface area (Å²) in [6, 6.07) is 3.88. The van der Waals surface area contributed by atoms with Crippen molar-refractivity contribution in [3.8, 4) is 11.5 Å². The molecule has 0 fully saturated rings. The summed E-state index contributed by atoms with van der Waals surface area (Å²) in [5.41, 5.74) is 12.7. The Labute approximate surface area is 109 Å². The average Bonchev–Trinajstić information content (AvgIpc) is 2.75. The number of halogens is 1. The van der Waals surface area contributed by atoms with Gasteiger partial charge in [-0.25, -0.2) is 0 Å². The molecular weight excluding hydrogens is 284 g/mol. The van der Waals surface area contributed by atoms with Crippen molar-refractivity contribution in [2.75, 3.05) is 13.3 Å². The molecule has 1 aliphatic heterocycles. The van der Waals surface area contributed by atoms with Crippen molar-refractivity contribution in [2.45, 2.75) is 25.3 Å². The lowest BCUT2D eigenvalue weighted by atomic mass is 10.0. The van der Waals surface area contributed by atoms with Gasteiger partial charge < -0.3 is 20.9 Å². The fourth-order valence-corrected chi connectivity index (χ4v) is 2.50. The molecule has 0 unspecified atom stereocenters. The number of hydrogen-bond donors (Lipinski definition) is 2. The molecule has 4 nitrogen and oxygen atoms in total. The molecular formula is C12H17BrN2O2. The van der Waals surface area contributed by atoms with Crippen LogP contribution in [0.5, 0.6) is 11.5 Å². The van der Waals surface area contributed by atoms with E-state index in [9.17, 15) is 0 Å². The van der Waals surface area contributed by atoms with E-state index in [0.29, 0.717) is 0 Å². The van der Waals surface area contributed by atoms with E-state index in [0.717, 1.165) is 47.3 Å². The highest BCUT2D eigenvalue weighted by molar-refractivity contribution is 9.10. The molecule has 1 aromatic carbocycles. The number of nitrogens with two attached hydrogens (primary N) is 2. The Morgan fingerprint density at radius 3 is 2.65 bits per heavy atom. The summed E-state index contributed by atoms with van der Waals surface area (Å²) >= 11 is 3.52. The minimum atomic E-state index is 0.00502. The van der Waals surface area contributed by atoms with Gasteiger partial charge in [-0.2, -0.15) is 0 Å². The van der Waals surface area contributed by atoms with E-state index in [1.54, 1.807) is 0 Å². The van der Waals surface area contributed by atoms with Crippen LogP contribution in [-0.2, 0) is 0 Å². The third-order valence-electron chi connectivity index (χ3n) is 2.86. The van der Waals surface area contributed by atoms with Gasteiger partial charge in [0.05, 0.1) is 0 Å². The third kappa shape index (κ3) is 2.91. The summed E-state index contributed by atoms with van der Waals surface area (Å²) in [7, 11) is 0. The normalized spacial score (nSPS) is 15.0. The zero-order chi connectivity index (χ0) is 12.3. The molecule has 5 heteroatoms. The molecule has 2 rings (SSSR count). The van der Waals surface area contributed by atoms with Gasteiger partial charge in [-0.05, 0) is 37.1 Å². The van der Waals surface area contributed by atoms with E-state index in [1.165, 1.54) is 0 Å². The first-order valence-corrected chi connectivity index (χ1v) is 6.56. The van der Waals surface area contributed by atoms with Crippen molar-refractivity contribution in [2.24, 2.45) is 11.5 Å². The van der Waals surface area contributed by atoms with E-state index < -0.39 is 0 Å². The molecule has 0 spiro atoms. The molecule has 4 N–H and O–H groups in total. The van der Waals surface area contributed by atoms with Crippen molar-refractivity contribution < 1.29 is 9.47 Å². The molecule has 0 aliphatic carbocycles. The Morgan fingerprint density at radius 2 is 1.94 bits per heavy atom. The van der Waals surface area contributed by atoms with Crippen LogP contribution in [0.15, 0.2) is 16.6 Å². The quantitative estimate of drug-likeness (QED) is 0.819. The molecule has 0 radical (unpaired) electrons. The lowest BCUT2D eigenvalue weighted by Gasteiger charge is -2.14. The van der Waals surface area contributed by atoms with Crippen molar-refractivity contribution in [3.05, 3.63) is 22.2 Å². The van der Waals surface area contributed by atoms with E-state index >= 15 is 0 Å². The van der Waals surface area contributed by atoms with Gasteiger partial charge in [0.2, 0.25) is 6.79 Å². The Balaban J connectivity index is 2.09. The summed E-state index contributed by atoms with van der Waals surface area (Å²) in [6.45, 7) is 1.00. The summed E-state index contributed by atoms with van der Waals surface area (Å²) in [4.78, 5) is 0. The van der Waals surface area contributed by atoms with Gasteiger partial charge in [0.15, 0.2) is 11.5 Å². The van der Waals surface area contributed by atoms with Crippen molar-refractivity contribution in [1.29, 1.82) is 0 Å². The smallest absolute Gasteiger partial charge is 0.231 e. The van der Waals surface area contributed by atoms with Gasteiger partial charge in [-0.3, -0.25) is 0 Å². The molecule has 1 heterocycles. The van der Waals surface area contributed by atoms with Crippen LogP contribution in [0.25, 0.3) is 0 Å². The highest BCUT2D eigenvalue weighted by Gasteiger charge is 2.19. The van der Waals surface area contributed by atoms with Gasteiger partial charge in [0, 0.05) is 10.5 Å². The lowest BCUT2D eigenvalue weighted by molar-refractivity contribution is 0.174. The SMILES string of the molecule is NCCCC[C@H](N)c1cc2c(cc1Br)OCO2. The Bertz CT molecular complexity index is 398.